The van der Waals surface area contributed by atoms with Crippen LogP contribution in [0, 0.1) is 0 Å². The van der Waals surface area contributed by atoms with E-state index in [1.54, 1.807) is 20.1 Å². The van der Waals surface area contributed by atoms with Crippen molar-refractivity contribution < 1.29 is 14.3 Å². The highest BCUT2D eigenvalue weighted by Crippen LogP contribution is 2.29. The minimum Gasteiger partial charge on any atom is -0.496 e. The molecule has 0 aliphatic carbocycles. The lowest BCUT2D eigenvalue weighted by Gasteiger charge is -2.10. The molecule has 3 nitrogen and oxygen atoms in total. The summed E-state index contributed by atoms with van der Waals surface area (Å²) in [6.07, 6.45) is 1.91. The smallest absolute Gasteiger partial charge is 0.343 e. The average Bonchev–Trinajstić information content (AvgIpc) is 2.28. The predicted octanol–water partition coefficient (Wildman–Crippen LogP) is 2.59. The van der Waals surface area contributed by atoms with Crippen molar-refractivity contribution in [3.05, 3.63) is 23.8 Å². The lowest BCUT2D eigenvalue weighted by Crippen LogP contribution is -2.08. The first-order chi connectivity index (χ1) is 7.24. The molecule has 0 unspecified atom stereocenters. The van der Waals surface area contributed by atoms with Crippen LogP contribution < -0.4 is 4.74 Å². The zero-order valence-corrected chi connectivity index (χ0v) is 9.89. The Morgan fingerprint density at radius 1 is 1.47 bits per heavy atom. The van der Waals surface area contributed by atoms with E-state index < -0.39 is 0 Å². The molecule has 0 aliphatic rings. The Kier molecular flexibility index (Phi) is 4.49. The molecule has 1 aromatic carbocycles. The van der Waals surface area contributed by atoms with E-state index in [0.717, 1.165) is 4.90 Å². The highest BCUT2D eigenvalue weighted by Gasteiger charge is 2.17. The SMILES string of the molecule is CCOC(=O)c1c(OC)cccc1SC. The first-order valence-corrected chi connectivity index (χ1v) is 5.85. The molecule has 82 valence electrons. The molecule has 0 fully saturated rings. The van der Waals surface area contributed by atoms with Crippen molar-refractivity contribution in [3.8, 4) is 5.75 Å². The van der Waals surface area contributed by atoms with Gasteiger partial charge in [-0.25, -0.2) is 4.79 Å². The van der Waals surface area contributed by atoms with E-state index in [0.29, 0.717) is 17.9 Å². The van der Waals surface area contributed by atoms with Gasteiger partial charge in [0.05, 0.1) is 13.7 Å². The maximum absolute atomic E-state index is 11.7. The van der Waals surface area contributed by atoms with Crippen molar-refractivity contribution in [1.82, 2.24) is 0 Å². The molecular formula is C11H14O3S. The van der Waals surface area contributed by atoms with E-state index in [-0.39, 0.29) is 5.97 Å². The second-order valence-corrected chi connectivity index (χ2v) is 3.61. The van der Waals surface area contributed by atoms with Crippen LogP contribution in [-0.2, 0) is 4.74 Å². The van der Waals surface area contributed by atoms with Gasteiger partial charge in [-0.15, -0.1) is 11.8 Å². The largest absolute Gasteiger partial charge is 0.496 e. The fraction of sp³-hybridized carbons (Fsp3) is 0.364. The van der Waals surface area contributed by atoms with Gasteiger partial charge in [-0.2, -0.15) is 0 Å². The normalized spacial score (nSPS) is 9.80. The van der Waals surface area contributed by atoms with Crippen molar-refractivity contribution >= 4 is 17.7 Å². The van der Waals surface area contributed by atoms with E-state index in [9.17, 15) is 4.79 Å². The lowest BCUT2D eigenvalue weighted by molar-refractivity contribution is 0.0518. The summed E-state index contributed by atoms with van der Waals surface area (Å²) < 4.78 is 10.1. The second-order valence-electron chi connectivity index (χ2n) is 2.76. The Hall–Kier alpha value is -1.16. The van der Waals surface area contributed by atoms with E-state index >= 15 is 0 Å². The Morgan fingerprint density at radius 2 is 2.20 bits per heavy atom. The quantitative estimate of drug-likeness (QED) is 0.584. The molecule has 15 heavy (non-hydrogen) atoms. The number of ether oxygens (including phenoxy) is 2. The number of thioether (sulfide) groups is 1. The van der Waals surface area contributed by atoms with Crippen LogP contribution in [0.4, 0.5) is 0 Å². The van der Waals surface area contributed by atoms with Gasteiger partial charge in [0, 0.05) is 4.90 Å². The summed E-state index contributed by atoms with van der Waals surface area (Å²) in [4.78, 5) is 12.6. The summed E-state index contributed by atoms with van der Waals surface area (Å²) in [5, 5.41) is 0. The van der Waals surface area contributed by atoms with Crippen molar-refractivity contribution in [2.75, 3.05) is 20.0 Å². The molecule has 0 saturated carbocycles. The molecule has 0 N–H and O–H groups in total. The number of hydrogen-bond acceptors (Lipinski definition) is 4. The molecular weight excluding hydrogens is 212 g/mol. The minimum atomic E-state index is -0.334. The summed E-state index contributed by atoms with van der Waals surface area (Å²) in [7, 11) is 1.54. The van der Waals surface area contributed by atoms with Gasteiger partial charge in [-0.05, 0) is 25.3 Å². The molecule has 0 atom stereocenters. The third-order valence-electron chi connectivity index (χ3n) is 1.91. The molecule has 0 aromatic heterocycles. The van der Waals surface area contributed by atoms with E-state index in [2.05, 4.69) is 0 Å². The van der Waals surface area contributed by atoms with Crippen LogP contribution in [0.2, 0.25) is 0 Å². The van der Waals surface area contributed by atoms with E-state index in [1.807, 2.05) is 18.4 Å². The fourth-order valence-electron chi connectivity index (χ4n) is 1.26. The van der Waals surface area contributed by atoms with Crippen molar-refractivity contribution in [3.63, 3.8) is 0 Å². The number of hydrogen-bond donors (Lipinski definition) is 0. The van der Waals surface area contributed by atoms with Gasteiger partial charge >= 0.3 is 5.97 Å². The van der Waals surface area contributed by atoms with Gasteiger partial charge in [0.1, 0.15) is 11.3 Å². The summed E-state index contributed by atoms with van der Waals surface area (Å²) in [5.41, 5.74) is 0.509. The Bertz CT molecular complexity index is 327. The predicted molar refractivity (Wildman–Crippen MR) is 60.7 cm³/mol. The van der Waals surface area contributed by atoms with Crippen LogP contribution in [-0.4, -0.2) is 25.9 Å². The Balaban J connectivity index is 3.15. The molecule has 1 rings (SSSR count). The molecule has 0 amide bonds. The van der Waals surface area contributed by atoms with Crippen molar-refractivity contribution in [1.29, 1.82) is 0 Å². The van der Waals surface area contributed by atoms with Crippen LogP contribution in [0.25, 0.3) is 0 Å². The van der Waals surface area contributed by atoms with Gasteiger partial charge in [0.15, 0.2) is 0 Å². The number of carbonyl (C=O) groups excluding carboxylic acids is 1. The molecule has 0 saturated heterocycles. The molecule has 0 spiro atoms. The highest BCUT2D eigenvalue weighted by molar-refractivity contribution is 7.98. The first-order valence-electron chi connectivity index (χ1n) is 4.62. The summed E-state index contributed by atoms with van der Waals surface area (Å²) in [5.74, 6) is 0.222. The third kappa shape index (κ3) is 2.65. The maximum Gasteiger partial charge on any atom is 0.343 e. The van der Waals surface area contributed by atoms with Gasteiger partial charge in [0.2, 0.25) is 0 Å². The summed E-state index contributed by atoms with van der Waals surface area (Å²) in [6.45, 7) is 2.15. The van der Waals surface area contributed by atoms with Crippen molar-refractivity contribution in [2.45, 2.75) is 11.8 Å². The van der Waals surface area contributed by atoms with Crippen LogP contribution >= 0.6 is 11.8 Å². The number of carbonyl (C=O) groups is 1. The van der Waals surface area contributed by atoms with Gasteiger partial charge < -0.3 is 9.47 Å². The van der Waals surface area contributed by atoms with E-state index in [4.69, 9.17) is 9.47 Å². The number of esters is 1. The Labute approximate surface area is 93.8 Å². The first kappa shape index (κ1) is 11.9. The van der Waals surface area contributed by atoms with Crippen molar-refractivity contribution in [2.24, 2.45) is 0 Å². The van der Waals surface area contributed by atoms with Crippen LogP contribution in [0.15, 0.2) is 23.1 Å². The zero-order valence-electron chi connectivity index (χ0n) is 9.07. The topological polar surface area (TPSA) is 35.5 Å². The average molecular weight is 226 g/mol. The molecule has 0 aliphatic heterocycles. The minimum absolute atomic E-state index is 0.334. The van der Waals surface area contributed by atoms with Gasteiger partial charge in [-0.1, -0.05) is 6.07 Å². The number of methoxy groups -OCH3 is 1. The second kappa shape index (κ2) is 5.66. The van der Waals surface area contributed by atoms with Gasteiger partial charge in [0.25, 0.3) is 0 Å². The maximum atomic E-state index is 11.7. The van der Waals surface area contributed by atoms with Crippen LogP contribution in [0.5, 0.6) is 5.75 Å². The molecule has 0 heterocycles. The Morgan fingerprint density at radius 3 is 2.73 bits per heavy atom. The molecule has 4 heteroatoms. The summed E-state index contributed by atoms with van der Waals surface area (Å²) in [6, 6.07) is 5.48. The van der Waals surface area contributed by atoms with E-state index in [1.165, 1.54) is 11.8 Å². The monoisotopic (exact) mass is 226 g/mol. The zero-order chi connectivity index (χ0) is 11.3. The fourth-order valence-corrected chi connectivity index (χ4v) is 1.86. The molecule has 1 aromatic rings. The molecule has 0 bridgehead atoms. The standard InChI is InChI=1S/C11H14O3S/c1-4-14-11(12)10-8(13-2)6-5-7-9(10)15-3/h5-7H,4H2,1-3H3. The lowest BCUT2D eigenvalue weighted by atomic mass is 10.2. The highest BCUT2D eigenvalue weighted by atomic mass is 32.2. The van der Waals surface area contributed by atoms with Gasteiger partial charge in [-0.3, -0.25) is 0 Å². The number of rotatable bonds is 4. The summed E-state index contributed by atoms with van der Waals surface area (Å²) >= 11 is 1.50. The van der Waals surface area contributed by atoms with Crippen LogP contribution in [0.3, 0.4) is 0 Å². The third-order valence-corrected chi connectivity index (χ3v) is 2.69. The molecule has 0 radical (unpaired) electrons. The van der Waals surface area contributed by atoms with Crippen LogP contribution in [0.1, 0.15) is 17.3 Å². The number of benzene rings is 1.